The number of amides is 1. The van der Waals surface area contributed by atoms with Crippen LogP contribution in [0.1, 0.15) is 11.1 Å². The topological polar surface area (TPSA) is 50.4 Å². The molecule has 0 radical (unpaired) electrons. The number of aryl methyl sites for hydroxylation is 2. The summed E-state index contributed by atoms with van der Waals surface area (Å²) in [6.45, 7) is 2.59. The first-order valence-electron chi connectivity index (χ1n) is 7.63. The number of carbonyl (C=O) groups is 1. The van der Waals surface area contributed by atoms with Crippen molar-refractivity contribution in [2.45, 2.75) is 20.0 Å². The van der Waals surface area contributed by atoms with Gasteiger partial charge in [-0.3, -0.25) is 4.79 Å². The fourth-order valence-electron chi connectivity index (χ4n) is 2.06. The Kier molecular flexibility index (Phi) is 5.90. The molecule has 0 aliphatic carbocycles. The third kappa shape index (κ3) is 6.37. The van der Waals surface area contributed by atoms with Gasteiger partial charge in [-0.25, -0.2) is 0 Å². The minimum atomic E-state index is -4.31. The van der Waals surface area contributed by atoms with Gasteiger partial charge in [0.1, 0.15) is 12.3 Å². The number of hydrogen-bond donors (Lipinski definition) is 2. The Morgan fingerprint density at radius 2 is 1.76 bits per heavy atom. The lowest BCUT2D eigenvalue weighted by molar-refractivity contribution is -0.118. The highest BCUT2D eigenvalue weighted by Crippen LogP contribution is 2.20. The first-order chi connectivity index (χ1) is 11.7. The maximum Gasteiger partial charge on any atom is 0.405 e. The SMILES string of the molecule is Cc1ccc(OCC(=O)Nc2cccc(NCC(F)(F)F)c2)cc1C. The average molecular weight is 352 g/mol. The van der Waals surface area contributed by atoms with Crippen LogP contribution in [0.4, 0.5) is 24.5 Å². The number of nitrogens with one attached hydrogen (secondary N) is 2. The molecule has 0 aromatic heterocycles. The first kappa shape index (κ1) is 18.6. The van der Waals surface area contributed by atoms with E-state index in [-0.39, 0.29) is 12.3 Å². The van der Waals surface area contributed by atoms with Crippen molar-refractivity contribution in [2.75, 3.05) is 23.8 Å². The molecule has 0 heterocycles. The molecule has 0 fully saturated rings. The van der Waals surface area contributed by atoms with Gasteiger partial charge >= 0.3 is 6.18 Å². The Labute approximate surface area is 144 Å². The summed E-state index contributed by atoms with van der Waals surface area (Å²) in [5, 5.41) is 4.85. The van der Waals surface area contributed by atoms with Crippen LogP contribution in [0.25, 0.3) is 0 Å². The molecule has 0 aliphatic rings. The molecular weight excluding hydrogens is 333 g/mol. The highest BCUT2D eigenvalue weighted by atomic mass is 19.4. The zero-order chi connectivity index (χ0) is 18.4. The zero-order valence-corrected chi connectivity index (χ0v) is 13.9. The lowest BCUT2D eigenvalue weighted by atomic mass is 10.1. The summed E-state index contributed by atoms with van der Waals surface area (Å²) in [4.78, 5) is 11.9. The van der Waals surface area contributed by atoms with E-state index in [1.165, 1.54) is 12.1 Å². The van der Waals surface area contributed by atoms with E-state index >= 15 is 0 Å². The molecule has 2 aromatic rings. The van der Waals surface area contributed by atoms with Gasteiger partial charge in [0.15, 0.2) is 6.61 Å². The van der Waals surface area contributed by atoms with E-state index in [0.717, 1.165) is 11.1 Å². The summed E-state index contributed by atoms with van der Waals surface area (Å²) in [6, 6.07) is 11.6. The third-order valence-electron chi connectivity index (χ3n) is 3.49. The Morgan fingerprint density at radius 1 is 1.04 bits per heavy atom. The highest BCUT2D eigenvalue weighted by Gasteiger charge is 2.26. The van der Waals surface area contributed by atoms with Gasteiger partial charge in [0.2, 0.25) is 0 Å². The molecule has 0 aliphatic heterocycles. The number of hydrogen-bond acceptors (Lipinski definition) is 3. The number of carbonyl (C=O) groups excluding carboxylic acids is 1. The summed E-state index contributed by atoms with van der Waals surface area (Å²) >= 11 is 0. The van der Waals surface area contributed by atoms with E-state index in [9.17, 15) is 18.0 Å². The highest BCUT2D eigenvalue weighted by molar-refractivity contribution is 5.92. The summed E-state index contributed by atoms with van der Waals surface area (Å²) in [5.41, 5.74) is 2.84. The second-order valence-electron chi connectivity index (χ2n) is 5.63. The fraction of sp³-hybridized carbons (Fsp3) is 0.278. The van der Waals surface area contributed by atoms with Crippen molar-refractivity contribution in [1.82, 2.24) is 0 Å². The number of anilines is 2. The summed E-state index contributed by atoms with van der Waals surface area (Å²) in [6.07, 6.45) is -4.31. The second-order valence-corrected chi connectivity index (χ2v) is 5.63. The molecule has 0 bridgehead atoms. The molecule has 2 rings (SSSR count). The van der Waals surface area contributed by atoms with Gasteiger partial charge in [0.25, 0.3) is 5.91 Å². The lowest BCUT2D eigenvalue weighted by Gasteiger charge is -2.12. The van der Waals surface area contributed by atoms with Crippen molar-refractivity contribution >= 4 is 17.3 Å². The van der Waals surface area contributed by atoms with E-state index in [4.69, 9.17) is 4.74 Å². The predicted molar refractivity (Wildman–Crippen MR) is 91.0 cm³/mol. The minimum Gasteiger partial charge on any atom is -0.484 e. The maximum atomic E-state index is 12.2. The molecule has 4 nitrogen and oxygen atoms in total. The fourth-order valence-corrected chi connectivity index (χ4v) is 2.06. The van der Waals surface area contributed by atoms with Crippen LogP contribution >= 0.6 is 0 Å². The van der Waals surface area contributed by atoms with E-state index in [2.05, 4.69) is 10.6 Å². The molecule has 25 heavy (non-hydrogen) atoms. The van der Waals surface area contributed by atoms with Gasteiger partial charge in [0.05, 0.1) is 0 Å². The molecule has 134 valence electrons. The van der Waals surface area contributed by atoms with E-state index in [1.807, 2.05) is 26.0 Å². The van der Waals surface area contributed by atoms with Crippen LogP contribution < -0.4 is 15.4 Å². The Morgan fingerprint density at radius 3 is 2.44 bits per heavy atom. The lowest BCUT2D eigenvalue weighted by Crippen LogP contribution is -2.22. The van der Waals surface area contributed by atoms with Crippen molar-refractivity contribution in [1.29, 1.82) is 0 Å². The van der Waals surface area contributed by atoms with Crippen LogP contribution in [0.15, 0.2) is 42.5 Å². The van der Waals surface area contributed by atoms with Gasteiger partial charge in [-0.2, -0.15) is 13.2 Å². The van der Waals surface area contributed by atoms with E-state index in [0.29, 0.717) is 11.4 Å². The Bertz CT molecular complexity index is 745. The molecule has 0 spiro atoms. The standard InChI is InChI=1S/C18H19F3N2O2/c1-12-6-7-16(8-13(12)2)25-10-17(24)23-15-5-3-4-14(9-15)22-11-18(19,20)21/h3-9,22H,10-11H2,1-2H3,(H,23,24). The van der Waals surface area contributed by atoms with Crippen LogP contribution in [0.2, 0.25) is 0 Å². The monoisotopic (exact) mass is 352 g/mol. The molecular formula is C18H19F3N2O2. The summed E-state index contributed by atoms with van der Waals surface area (Å²) in [7, 11) is 0. The van der Waals surface area contributed by atoms with Crippen molar-refractivity contribution in [3.63, 3.8) is 0 Å². The molecule has 2 aromatic carbocycles. The van der Waals surface area contributed by atoms with Gasteiger partial charge in [-0.1, -0.05) is 12.1 Å². The first-order valence-corrected chi connectivity index (χ1v) is 7.63. The maximum absolute atomic E-state index is 12.2. The average Bonchev–Trinajstić information content (AvgIpc) is 2.54. The Balaban J connectivity index is 1.88. The van der Waals surface area contributed by atoms with Gasteiger partial charge in [-0.15, -0.1) is 0 Å². The second kappa shape index (κ2) is 7.92. The molecule has 1 amide bonds. The predicted octanol–water partition coefficient (Wildman–Crippen LogP) is 4.30. The van der Waals surface area contributed by atoms with Crippen molar-refractivity contribution < 1.29 is 22.7 Å². The molecule has 7 heteroatoms. The van der Waals surface area contributed by atoms with Crippen LogP contribution in [0.5, 0.6) is 5.75 Å². The van der Waals surface area contributed by atoms with Crippen molar-refractivity contribution in [3.8, 4) is 5.75 Å². The number of alkyl halides is 3. The smallest absolute Gasteiger partial charge is 0.405 e. The van der Waals surface area contributed by atoms with E-state index in [1.54, 1.807) is 18.2 Å². The number of halogens is 3. The molecule has 0 saturated carbocycles. The number of ether oxygens (including phenoxy) is 1. The van der Waals surface area contributed by atoms with Crippen molar-refractivity contribution in [3.05, 3.63) is 53.6 Å². The molecule has 0 unspecified atom stereocenters. The van der Waals surface area contributed by atoms with Gasteiger partial charge in [0, 0.05) is 11.4 Å². The molecule has 0 atom stereocenters. The molecule has 2 N–H and O–H groups in total. The van der Waals surface area contributed by atoms with Crippen LogP contribution in [0, 0.1) is 13.8 Å². The number of benzene rings is 2. The normalized spacial score (nSPS) is 11.1. The molecule has 0 saturated heterocycles. The minimum absolute atomic E-state index is 0.192. The van der Waals surface area contributed by atoms with Crippen molar-refractivity contribution in [2.24, 2.45) is 0 Å². The summed E-state index contributed by atoms with van der Waals surface area (Å²) in [5.74, 6) is 0.185. The quantitative estimate of drug-likeness (QED) is 0.815. The van der Waals surface area contributed by atoms with Crippen LogP contribution in [-0.2, 0) is 4.79 Å². The zero-order valence-electron chi connectivity index (χ0n) is 13.9. The Hall–Kier alpha value is -2.70. The third-order valence-corrected chi connectivity index (χ3v) is 3.49. The van der Waals surface area contributed by atoms with Crippen LogP contribution in [-0.4, -0.2) is 25.2 Å². The van der Waals surface area contributed by atoms with E-state index < -0.39 is 18.6 Å². The summed E-state index contributed by atoms with van der Waals surface area (Å²) < 4.78 is 42.1. The van der Waals surface area contributed by atoms with Gasteiger partial charge in [-0.05, 0) is 55.3 Å². The van der Waals surface area contributed by atoms with Crippen LogP contribution in [0.3, 0.4) is 0 Å². The number of rotatable bonds is 6. The largest absolute Gasteiger partial charge is 0.484 e. The van der Waals surface area contributed by atoms with Gasteiger partial charge < -0.3 is 15.4 Å².